The molecule has 1 atom stereocenters. The molecule has 0 aromatic heterocycles. The topological polar surface area (TPSA) is 69.7 Å². The van der Waals surface area contributed by atoms with Crippen molar-refractivity contribution in [2.45, 2.75) is 77.9 Å². The van der Waals surface area contributed by atoms with Crippen molar-refractivity contribution < 1.29 is 14.4 Å². The molecule has 1 heterocycles. The number of hydrogen-bond donors (Lipinski definition) is 1. The van der Waals surface area contributed by atoms with Crippen molar-refractivity contribution in [3.05, 3.63) is 35.9 Å². The molecule has 1 aliphatic rings. The molecule has 1 fully saturated rings. The zero-order valence-corrected chi connectivity index (χ0v) is 17.5. The highest BCUT2D eigenvalue weighted by molar-refractivity contribution is 6.09. The Kier molecular flexibility index (Phi) is 7.61. The Morgan fingerprint density at radius 2 is 1.71 bits per heavy atom. The smallest absolute Gasteiger partial charge is 0.325 e. The van der Waals surface area contributed by atoms with Crippen LogP contribution < -0.4 is 5.32 Å². The predicted molar refractivity (Wildman–Crippen MR) is 110 cm³/mol. The molecule has 1 aromatic rings. The fraction of sp³-hybridized carbons (Fsp3) is 0.591. The monoisotopic (exact) mass is 387 g/mol. The molecule has 0 saturated carbocycles. The molecule has 1 aromatic carbocycles. The van der Waals surface area contributed by atoms with Crippen LogP contribution in [0.3, 0.4) is 0 Å². The average molecular weight is 388 g/mol. The summed E-state index contributed by atoms with van der Waals surface area (Å²) in [6.45, 7) is 8.26. The molecule has 28 heavy (non-hydrogen) atoms. The molecule has 0 aliphatic carbocycles. The minimum Gasteiger partial charge on any atom is -0.334 e. The van der Waals surface area contributed by atoms with Crippen LogP contribution in [0.4, 0.5) is 4.79 Å². The van der Waals surface area contributed by atoms with Gasteiger partial charge in [-0.1, -0.05) is 63.9 Å². The van der Waals surface area contributed by atoms with Crippen LogP contribution in [0.5, 0.6) is 0 Å². The molecule has 2 rings (SSSR count). The van der Waals surface area contributed by atoms with Crippen molar-refractivity contribution in [2.75, 3.05) is 6.54 Å². The highest BCUT2D eigenvalue weighted by Crippen LogP contribution is 2.28. The number of nitrogens with zero attached hydrogens (tertiary/aromatic N) is 2. The molecular formula is C22H33N3O3. The largest absolute Gasteiger partial charge is 0.334 e. The Balaban J connectivity index is 2.17. The van der Waals surface area contributed by atoms with Gasteiger partial charge >= 0.3 is 6.03 Å². The lowest BCUT2D eigenvalue weighted by Gasteiger charge is -2.30. The first-order chi connectivity index (χ1) is 13.4. The van der Waals surface area contributed by atoms with Crippen molar-refractivity contribution in [2.24, 2.45) is 0 Å². The number of rotatable bonds is 10. The second-order valence-corrected chi connectivity index (χ2v) is 7.67. The highest BCUT2D eigenvalue weighted by atomic mass is 16.2. The summed E-state index contributed by atoms with van der Waals surface area (Å²) < 4.78 is 0. The lowest BCUT2D eigenvalue weighted by atomic mass is 9.88. The number of urea groups is 1. The molecule has 6 heteroatoms. The van der Waals surface area contributed by atoms with E-state index in [0.717, 1.165) is 29.7 Å². The zero-order valence-electron chi connectivity index (χ0n) is 17.5. The maximum Gasteiger partial charge on any atom is 0.325 e. The molecule has 4 amide bonds. The van der Waals surface area contributed by atoms with Gasteiger partial charge < -0.3 is 10.2 Å². The van der Waals surface area contributed by atoms with Gasteiger partial charge in [0.25, 0.3) is 5.91 Å². The molecule has 1 unspecified atom stereocenters. The maximum absolute atomic E-state index is 13.1. The van der Waals surface area contributed by atoms with Crippen molar-refractivity contribution in [1.29, 1.82) is 0 Å². The second kappa shape index (κ2) is 9.71. The molecule has 6 nitrogen and oxygen atoms in total. The normalized spacial score (nSPS) is 16.8. The Bertz CT molecular complexity index is 684. The van der Waals surface area contributed by atoms with E-state index < -0.39 is 11.6 Å². The zero-order chi connectivity index (χ0) is 20.7. The first kappa shape index (κ1) is 21.9. The summed E-state index contributed by atoms with van der Waals surface area (Å²) in [5.41, 5.74) is 0.168. The van der Waals surface area contributed by atoms with Gasteiger partial charge in [-0.05, 0) is 31.7 Å². The van der Waals surface area contributed by atoms with Crippen molar-refractivity contribution >= 4 is 17.8 Å². The summed E-state index contributed by atoms with van der Waals surface area (Å²) in [4.78, 5) is 41.5. The molecule has 1 saturated heterocycles. The molecular weight excluding hydrogens is 354 g/mol. The Morgan fingerprint density at radius 3 is 2.25 bits per heavy atom. The third kappa shape index (κ3) is 4.72. The number of nitrogens with one attached hydrogen (secondary N) is 1. The summed E-state index contributed by atoms with van der Waals surface area (Å²) in [6.07, 6.45) is 3.57. The summed E-state index contributed by atoms with van der Waals surface area (Å²) in [5.74, 6) is -0.469. The summed E-state index contributed by atoms with van der Waals surface area (Å²) in [6, 6.07) is 9.33. The maximum atomic E-state index is 13.1. The molecule has 0 radical (unpaired) electrons. The molecule has 154 valence electrons. The quantitative estimate of drug-likeness (QED) is 0.622. The van der Waals surface area contributed by atoms with Crippen molar-refractivity contribution in [3.8, 4) is 0 Å². The first-order valence-corrected chi connectivity index (χ1v) is 10.4. The fourth-order valence-corrected chi connectivity index (χ4v) is 3.85. The van der Waals surface area contributed by atoms with E-state index in [4.69, 9.17) is 0 Å². The summed E-state index contributed by atoms with van der Waals surface area (Å²) in [7, 11) is 0. The van der Waals surface area contributed by atoms with Gasteiger partial charge in [0.1, 0.15) is 12.1 Å². The minimum absolute atomic E-state index is 0.0181. The van der Waals surface area contributed by atoms with Gasteiger partial charge in [0.2, 0.25) is 5.91 Å². The number of carbonyl (C=O) groups is 3. The summed E-state index contributed by atoms with van der Waals surface area (Å²) in [5, 5.41) is 2.87. The number of amides is 4. The number of hydrogen-bond acceptors (Lipinski definition) is 3. The van der Waals surface area contributed by atoms with Gasteiger partial charge in [-0.2, -0.15) is 0 Å². The number of imide groups is 1. The molecule has 0 spiro atoms. The van der Waals surface area contributed by atoms with Gasteiger partial charge in [-0.25, -0.2) is 4.79 Å². The third-order valence-electron chi connectivity index (χ3n) is 5.53. The SMILES string of the molecule is CCCC1(CCC)NC(=O)N(CC(=O)N(Cc2ccccc2)C(C)CC)C1=O. The molecule has 0 bridgehead atoms. The molecule has 1 aliphatic heterocycles. The van der Waals surface area contributed by atoms with Crippen LogP contribution in [0, 0.1) is 0 Å². The van der Waals surface area contributed by atoms with E-state index in [2.05, 4.69) is 5.32 Å². The second-order valence-electron chi connectivity index (χ2n) is 7.67. The van der Waals surface area contributed by atoms with Crippen LogP contribution in [-0.2, 0) is 16.1 Å². The van der Waals surface area contributed by atoms with E-state index in [1.807, 2.05) is 58.0 Å². The lowest BCUT2D eigenvalue weighted by molar-refractivity contribution is -0.140. The highest BCUT2D eigenvalue weighted by Gasteiger charge is 2.50. The van der Waals surface area contributed by atoms with E-state index >= 15 is 0 Å². The van der Waals surface area contributed by atoms with Crippen molar-refractivity contribution in [1.82, 2.24) is 15.1 Å². The van der Waals surface area contributed by atoms with E-state index in [1.165, 1.54) is 0 Å². The number of carbonyl (C=O) groups excluding carboxylic acids is 3. The Morgan fingerprint density at radius 1 is 1.11 bits per heavy atom. The fourth-order valence-electron chi connectivity index (χ4n) is 3.85. The number of benzene rings is 1. The summed E-state index contributed by atoms with van der Waals surface area (Å²) >= 11 is 0. The van der Waals surface area contributed by atoms with E-state index in [-0.39, 0.29) is 24.4 Å². The van der Waals surface area contributed by atoms with Gasteiger partial charge in [-0.15, -0.1) is 0 Å². The van der Waals surface area contributed by atoms with Crippen LogP contribution in [-0.4, -0.2) is 45.8 Å². The molecule has 1 N–H and O–H groups in total. The average Bonchev–Trinajstić information content (AvgIpc) is 2.91. The lowest BCUT2D eigenvalue weighted by Crippen LogP contribution is -2.48. The van der Waals surface area contributed by atoms with Crippen LogP contribution in [0.1, 0.15) is 65.4 Å². The van der Waals surface area contributed by atoms with Gasteiger partial charge in [-0.3, -0.25) is 14.5 Å². The van der Waals surface area contributed by atoms with Crippen LogP contribution in [0.2, 0.25) is 0 Å². The van der Waals surface area contributed by atoms with E-state index in [0.29, 0.717) is 19.4 Å². The Labute approximate surface area is 168 Å². The third-order valence-corrected chi connectivity index (χ3v) is 5.53. The minimum atomic E-state index is -0.860. The standard InChI is InChI=1S/C22H33N3O3/c1-5-13-22(14-6-2)20(27)25(21(28)23-22)16-19(26)24(17(4)7-3)15-18-11-9-8-10-12-18/h8-12,17H,5-7,13-16H2,1-4H3,(H,23,28). The van der Waals surface area contributed by atoms with Crippen LogP contribution >= 0.6 is 0 Å². The van der Waals surface area contributed by atoms with Crippen LogP contribution in [0.25, 0.3) is 0 Å². The van der Waals surface area contributed by atoms with Crippen LogP contribution in [0.15, 0.2) is 30.3 Å². The van der Waals surface area contributed by atoms with E-state index in [9.17, 15) is 14.4 Å². The van der Waals surface area contributed by atoms with Gasteiger partial charge in [0.05, 0.1) is 0 Å². The first-order valence-electron chi connectivity index (χ1n) is 10.4. The van der Waals surface area contributed by atoms with Crippen molar-refractivity contribution in [3.63, 3.8) is 0 Å². The predicted octanol–water partition coefficient (Wildman–Crippen LogP) is 3.70. The van der Waals surface area contributed by atoms with Gasteiger partial charge in [0.15, 0.2) is 0 Å². The van der Waals surface area contributed by atoms with E-state index in [1.54, 1.807) is 4.90 Å². The Hall–Kier alpha value is -2.37. The van der Waals surface area contributed by atoms with Gasteiger partial charge in [0, 0.05) is 12.6 Å².